The SMILES string of the molecule is CNC(c1ccc(I)cc1)c1ccncc1F. The number of pyridine rings is 1. The molecule has 17 heavy (non-hydrogen) atoms. The van der Waals surface area contributed by atoms with Crippen molar-refractivity contribution in [2.45, 2.75) is 6.04 Å². The van der Waals surface area contributed by atoms with E-state index in [1.807, 2.05) is 31.3 Å². The van der Waals surface area contributed by atoms with Crippen molar-refractivity contribution >= 4 is 22.6 Å². The molecular formula is C13H12FIN2. The molecule has 1 N–H and O–H groups in total. The van der Waals surface area contributed by atoms with Crippen LogP contribution in [0.3, 0.4) is 0 Å². The Kier molecular flexibility index (Phi) is 4.06. The lowest BCUT2D eigenvalue weighted by molar-refractivity contribution is 0.571. The zero-order valence-corrected chi connectivity index (χ0v) is 11.5. The lowest BCUT2D eigenvalue weighted by atomic mass is 9.99. The van der Waals surface area contributed by atoms with Gasteiger partial charge in [0.1, 0.15) is 5.82 Å². The average molecular weight is 342 g/mol. The van der Waals surface area contributed by atoms with Gasteiger partial charge in [0.05, 0.1) is 12.2 Å². The molecule has 0 aliphatic heterocycles. The van der Waals surface area contributed by atoms with Gasteiger partial charge >= 0.3 is 0 Å². The predicted molar refractivity (Wildman–Crippen MR) is 74.3 cm³/mol. The van der Waals surface area contributed by atoms with Crippen LogP contribution in [0.5, 0.6) is 0 Å². The lowest BCUT2D eigenvalue weighted by Gasteiger charge is -2.17. The summed E-state index contributed by atoms with van der Waals surface area (Å²) in [5, 5.41) is 3.12. The van der Waals surface area contributed by atoms with Crippen LogP contribution in [0.4, 0.5) is 4.39 Å². The van der Waals surface area contributed by atoms with Gasteiger partial charge in [-0.2, -0.15) is 0 Å². The minimum atomic E-state index is -0.287. The van der Waals surface area contributed by atoms with E-state index in [1.165, 1.54) is 6.20 Å². The molecule has 1 aromatic heterocycles. The van der Waals surface area contributed by atoms with Crippen molar-refractivity contribution in [1.29, 1.82) is 0 Å². The molecule has 1 unspecified atom stereocenters. The summed E-state index contributed by atoms with van der Waals surface area (Å²) in [5.74, 6) is -0.287. The second-order valence-electron chi connectivity index (χ2n) is 3.67. The van der Waals surface area contributed by atoms with Crippen molar-refractivity contribution in [3.8, 4) is 0 Å². The van der Waals surface area contributed by atoms with Crippen LogP contribution in [-0.2, 0) is 0 Å². The zero-order valence-electron chi connectivity index (χ0n) is 9.32. The third-order valence-corrected chi connectivity index (χ3v) is 3.33. The molecule has 2 aromatic rings. The normalized spacial score (nSPS) is 12.4. The van der Waals surface area contributed by atoms with Crippen LogP contribution in [0, 0.1) is 9.39 Å². The Labute approximate surface area is 113 Å². The van der Waals surface area contributed by atoms with Crippen LogP contribution in [0.15, 0.2) is 42.7 Å². The van der Waals surface area contributed by atoms with Crippen LogP contribution in [0.1, 0.15) is 17.2 Å². The highest BCUT2D eigenvalue weighted by Crippen LogP contribution is 2.23. The van der Waals surface area contributed by atoms with Crippen LogP contribution < -0.4 is 5.32 Å². The molecule has 0 aliphatic rings. The molecule has 4 heteroatoms. The molecule has 0 radical (unpaired) electrons. The first-order valence-electron chi connectivity index (χ1n) is 5.24. The summed E-state index contributed by atoms with van der Waals surface area (Å²) in [6, 6.07) is 9.59. The van der Waals surface area contributed by atoms with Crippen LogP contribution in [0.25, 0.3) is 0 Å². The summed E-state index contributed by atoms with van der Waals surface area (Å²) < 4.78 is 14.9. The third kappa shape index (κ3) is 2.81. The maximum Gasteiger partial charge on any atom is 0.146 e. The second-order valence-corrected chi connectivity index (χ2v) is 4.92. The van der Waals surface area contributed by atoms with E-state index in [2.05, 4.69) is 32.9 Å². The number of hydrogen-bond acceptors (Lipinski definition) is 2. The summed E-state index contributed by atoms with van der Waals surface area (Å²) in [4.78, 5) is 3.77. The maximum absolute atomic E-state index is 13.7. The van der Waals surface area contributed by atoms with Crippen molar-refractivity contribution in [1.82, 2.24) is 10.3 Å². The first kappa shape index (κ1) is 12.4. The number of nitrogens with zero attached hydrogens (tertiary/aromatic N) is 1. The summed E-state index contributed by atoms with van der Waals surface area (Å²) in [6.45, 7) is 0. The number of aromatic nitrogens is 1. The van der Waals surface area contributed by atoms with E-state index < -0.39 is 0 Å². The first-order valence-corrected chi connectivity index (χ1v) is 6.32. The number of halogens is 2. The fourth-order valence-electron chi connectivity index (χ4n) is 1.78. The molecule has 1 heterocycles. The van der Waals surface area contributed by atoms with Crippen molar-refractivity contribution in [3.63, 3.8) is 0 Å². The molecule has 0 bridgehead atoms. The van der Waals surface area contributed by atoms with Crippen molar-refractivity contribution in [3.05, 3.63) is 63.2 Å². The van der Waals surface area contributed by atoms with Gasteiger partial charge in [-0.3, -0.25) is 4.98 Å². The van der Waals surface area contributed by atoms with Gasteiger partial charge in [-0.25, -0.2) is 4.39 Å². The predicted octanol–water partition coefficient (Wildman–Crippen LogP) is 3.13. The number of benzene rings is 1. The van der Waals surface area contributed by atoms with Crippen molar-refractivity contribution < 1.29 is 4.39 Å². The minimum Gasteiger partial charge on any atom is -0.309 e. The highest BCUT2D eigenvalue weighted by atomic mass is 127. The molecule has 0 fully saturated rings. The smallest absolute Gasteiger partial charge is 0.146 e. The number of nitrogens with one attached hydrogen (secondary N) is 1. The summed E-state index contributed by atoms with van der Waals surface area (Å²) in [6.07, 6.45) is 2.85. The molecular weight excluding hydrogens is 330 g/mol. The molecule has 0 amide bonds. The highest BCUT2D eigenvalue weighted by molar-refractivity contribution is 14.1. The fraction of sp³-hybridized carbons (Fsp3) is 0.154. The Balaban J connectivity index is 2.40. The quantitative estimate of drug-likeness (QED) is 0.867. The molecule has 0 spiro atoms. The maximum atomic E-state index is 13.7. The fourth-order valence-corrected chi connectivity index (χ4v) is 2.14. The van der Waals surface area contributed by atoms with Gasteiger partial charge in [0.25, 0.3) is 0 Å². The van der Waals surface area contributed by atoms with Crippen molar-refractivity contribution in [2.24, 2.45) is 0 Å². The summed E-state index contributed by atoms with van der Waals surface area (Å²) in [7, 11) is 1.82. The molecule has 0 saturated carbocycles. The molecule has 0 aliphatic carbocycles. The summed E-state index contributed by atoms with van der Waals surface area (Å²) >= 11 is 2.25. The molecule has 88 valence electrons. The molecule has 0 saturated heterocycles. The number of rotatable bonds is 3. The topological polar surface area (TPSA) is 24.9 Å². The van der Waals surface area contributed by atoms with E-state index in [1.54, 1.807) is 12.3 Å². The van der Waals surface area contributed by atoms with Gasteiger partial charge in [-0.15, -0.1) is 0 Å². The second kappa shape index (κ2) is 5.55. The van der Waals surface area contributed by atoms with E-state index in [4.69, 9.17) is 0 Å². The van der Waals surface area contributed by atoms with E-state index in [0.717, 1.165) is 9.13 Å². The zero-order chi connectivity index (χ0) is 12.3. The molecule has 1 atom stereocenters. The van der Waals surface area contributed by atoms with E-state index in [0.29, 0.717) is 5.56 Å². The van der Waals surface area contributed by atoms with Gasteiger partial charge in [0.15, 0.2) is 0 Å². The van der Waals surface area contributed by atoms with Gasteiger partial charge in [-0.1, -0.05) is 12.1 Å². The highest BCUT2D eigenvalue weighted by Gasteiger charge is 2.15. The lowest BCUT2D eigenvalue weighted by Crippen LogP contribution is -2.19. The Bertz CT molecular complexity index is 499. The molecule has 1 aromatic carbocycles. The Morgan fingerprint density at radius 2 is 1.94 bits per heavy atom. The van der Waals surface area contributed by atoms with Crippen molar-refractivity contribution in [2.75, 3.05) is 7.05 Å². The average Bonchev–Trinajstić information content (AvgIpc) is 2.35. The monoisotopic (exact) mass is 342 g/mol. The van der Waals surface area contributed by atoms with Gasteiger partial charge in [0.2, 0.25) is 0 Å². The van der Waals surface area contributed by atoms with E-state index in [-0.39, 0.29) is 11.9 Å². The van der Waals surface area contributed by atoms with Gasteiger partial charge in [-0.05, 0) is 53.4 Å². The van der Waals surface area contributed by atoms with Crippen LogP contribution >= 0.6 is 22.6 Å². The van der Waals surface area contributed by atoms with Gasteiger partial charge in [0, 0.05) is 15.3 Å². The standard InChI is InChI=1S/C13H12FIN2/c1-16-13(9-2-4-10(15)5-3-9)11-6-7-17-8-12(11)14/h2-8,13,16H,1H3. The largest absolute Gasteiger partial charge is 0.309 e. The van der Waals surface area contributed by atoms with Crippen LogP contribution in [-0.4, -0.2) is 12.0 Å². The Hall–Kier alpha value is -1.01. The summed E-state index contributed by atoms with van der Waals surface area (Å²) in [5.41, 5.74) is 1.65. The van der Waals surface area contributed by atoms with Gasteiger partial charge < -0.3 is 5.32 Å². The molecule has 2 nitrogen and oxygen atoms in total. The van der Waals surface area contributed by atoms with E-state index >= 15 is 0 Å². The number of hydrogen-bond donors (Lipinski definition) is 1. The minimum absolute atomic E-state index is 0.144. The van der Waals surface area contributed by atoms with Crippen LogP contribution in [0.2, 0.25) is 0 Å². The van der Waals surface area contributed by atoms with E-state index in [9.17, 15) is 4.39 Å². The Morgan fingerprint density at radius 1 is 1.24 bits per heavy atom. The first-order chi connectivity index (χ1) is 8.22. The Morgan fingerprint density at radius 3 is 2.53 bits per heavy atom. The molecule has 2 rings (SSSR count). The third-order valence-electron chi connectivity index (χ3n) is 2.61.